The number of hydrogen-bond donors (Lipinski definition) is 1. The van der Waals surface area contributed by atoms with E-state index in [1.54, 1.807) is 0 Å². The van der Waals surface area contributed by atoms with Crippen molar-refractivity contribution in [2.24, 2.45) is 7.05 Å². The van der Waals surface area contributed by atoms with Gasteiger partial charge in [-0.05, 0) is 29.8 Å². The SMILES string of the molecule is Cn1cccc1CNC(=O)c1ccc(CBr)cc1. The average Bonchev–Trinajstić information content (AvgIpc) is 2.81. The summed E-state index contributed by atoms with van der Waals surface area (Å²) < 4.78 is 1.99. The van der Waals surface area contributed by atoms with Crippen molar-refractivity contribution in [2.45, 2.75) is 11.9 Å². The van der Waals surface area contributed by atoms with E-state index in [-0.39, 0.29) is 5.91 Å². The Morgan fingerprint density at radius 1 is 1.28 bits per heavy atom. The highest BCUT2D eigenvalue weighted by Crippen LogP contribution is 2.08. The first-order valence-electron chi connectivity index (χ1n) is 5.74. The lowest BCUT2D eigenvalue weighted by molar-refractivity contribution is 0.0950. The molecule has 2 rings (SSSR count). The number of nitrogens with zero attached hydrogens (tertiary/aromatic N) is 1. The number of amides is 1. The Hall–Kier alpha value is -1.55. The van der Waals surface area contributed by atoms with Crippen LogP contribution in [0, 0.1) is 0 Å². The third kappa shape index (κ3) is 3.01. The molecule has 2 aromatic rings. The Balaban J connectivity index is 1.97. The Labute approximate surface area is 115 Å². The predicted molar refractivity (Wildman–Crippen MR) is 75.7 cm³/mol. The molecular weight excluding hydrogens is 292 g/mol. The normalized spacial score (nSPS) is 10.3. The van der Waals surface area contributed by atoms with Crippen molar-refractivity contribution < 1.29 is 4.79 Å². The minimum atomic E-state index is -0.0441. The molecule has 0 bridgehead atoms. The van der Waals surface area contributed by atoms with Crippen LogP contribution in [0.15, 0.2) is 42.6 Å². The fourth-order valence-electron chi connectivity index (χ4n) is 1.70. The van der Waals surface area contributed by atoms with Gasteiger partial charge in [0.15, 0.2) is 0 Å². The summed E-state index contributed by atoms with van der Waals surface area (Å²) in [6.45, 7) is 0.544. The molecule has 0 aliphatic carbocycles. The first-order chi connectivity index (χ1) is 8.70. The van der Waals surface area contributed by atoms with Crippen LogP contribution < -0.4 is 5.32 Å². The maximum absolute atomic E-state index is 11.9. The molecule has 1 N–H and O–H groups in total. The van der Waals surface area contributed by atoms with Crippen molar-refractivity contribution in [3.63, 3.8) is 0 Å². The molecule has 0 atom stereocenters. The zero-order valence-electron chi connectivity index (χ0n) is 10.2. The molecule has 0 aliphatic heterocycles. The first-order valence-corrected chi connectivity index (χ1v) is 6.86. The molecule has 0 saturated carbocycles. The van der Waals surface area contributed by atoms with E-state index in [2.05, 4.69) is 21.2 Å². The number of aryl methyl sites for hydroxylation is 1. The molecule has 0 aliphatic rings. The van der Waals surface area contributed by atoms with Gasteiger partial charge in [0.05, 0.1) is 6.54 Å². The summed E-state index contributed by atoms with van der Waals surface area (Å²) in [4.78, 5) is 11.9. The second-order valence-corrected chi connectivity index (χ2v) is 4.68. The molecule has 0 unspecified atom stereocenters. The molecule has 3 nitrogen and oxygen atoms in total. The topological polar surface area (TPSA) is 34.0 Å². The monoisotopic (exact) mass is 306 g/mol. The number of aromatic nitrogens is 1. The van der Waals surface area contributed by atoms with Crippen molar-refractivity contribution >= 4 is 21.8 Å². The maximum Gasteiger partial charge on any atom is 0.251 e. The van der Waals surface area contributed by atoms with E-state index < -0.39 is 0 Å². The van der Waals surface area contributed by atoms with Gasteiger partial charge in [-0.3, -0.25) is 4.79 Å². The third-order valence-corrected chi connectivity index (χ3v) is 3.50. The van der Waals surface area contributed by atoms with Gasteiger partial charge in [-0.1, -0.05) is 28.1 Å². The Morgan fingerprint density at radius 3 is 2.56 bits per heavy atom. The van der Waals surface area contributed by atoms with Gasteiger partial charge in [0, 0.05) is 29.8 Å². The van der Waals surface area contributed by atoms with Gasteiger partial charge in [-0.15, -0.1) is 0 Å². The van der Waals surface area contributed by atoms with Gasteiger partial charge >= 0.3 is 0 Å². The van der Waals surface area contributed by atoms with Crippen LogP contribution in [0.1, 0.15) is 21.6 Å². The van der Waals surface area contributed by atoms with Gasteiger partial charge in [0.1, 0.15) is 0 Å². The summed E-state index contributed by atoms with van der Waals surface area (Å²) in [7, 11) is 1.96. The lowest BCUT2D eigenvalue weighted by Crippen LogP contribution is -2.23. The Morgan fingerprint density at radius 2 is 2.00 bits per heavy atom. The van der Waals surface area contributed by atoms with Gasteiger partial charge in [0.2, 0.25) is 0 Å². The van der Waals surface area contributed by atoms with E-state index in [4.69, 9.17) is 0 Å². The molecule has 0 radical (unpaired) electrons. The van der Waals surface area contributed by atoms with Crippen molar-refractivity contribution in [1.29, 1.82) is 0 Å². The molecule has 0 spiro atoms. The van der Waals surface area contributed by atoms with E-state index in [0.29, 0.717) is 12.1 Å². The number of carbonyl (C=O) groups excluding carboxylic acids is 1. The van der Waals surface area contributed by atoms with Crippen LogP contribution in [-0.4, -0.2) is 10.5 Å². The average molecular weight is 307 g/mol. The fraction of sp³-hybridized carbons (Fsp3) is 0.214. The van der Waals surface area contributed by atoms with E-state index in [1.165, 1.54) is 0 Å². The van der Waals surface area contributed by atoms with Crippen LogP contribution in [-0.2, 0) is 18.9 Å². The van der Waals surface area contributed by atoms with Crippen LogP contribution in [0.3, 0.4) is 0 Å². The Kier molecular flexibility index (Phi) is 4.20. The lowest BCUT2D eigenvalue weighted by atomic mass is 10.1. The number of nitrogens with one attached hydrogen (secondary N) is 1. The molecule has 4 heteroatoms. The highest BCUT2D eigenvalue weighted by Gasteiger charge is 2.05. The molecule has 18 heavy (non-hydrogen) atoms. The van der Waals surface area contributed by atoms with Crippen molar-refractivity contribution in [1.82, 2.24) is 9.88 Å². The second kappa shape index (κ2) is 5.87. The number of rotatable bonds is 4. The molecule has 0 saturated heterocycles. The lowest BCUT2D eigenvalue weighted by Gasteiger charge is -2.06. The maximum atomic E-state index is 11.9. The van der Waals surface area contributed by atoms with Crippen molar-refractivity contribution in [3.05, 3.63) is 59.4 Å². The molecule has 0 fully saturated rings. The van der Waals surface area contributed by atoms with E-state index in [9.17, 15) is 4.79 Å². The fourth-order valence-corrected chi connectivity index (χ4v) is 2.07. The van der Waals surface area contributed by atoms with Gasteiger partial charge in [-0.2, -0.15) is 0 Å². The molecular formula is C14H15BrN2O. The number of benzene rings is 1. The summed E-state index contributed by atoms with van der Waals surface area (Å²) in [5.74, 6) is -0.0441. The second-order valence-electron chi connectivity index (χ2n) is 4.12. The molecule has 1 aromatic heterocycles. The quantitative estimate of drug-likeness (QED) is 0.866. The van der Waals surface area contributed by atoms with E-state index in [0.717, 1.165) is 16.6 Å². The zero-order chi connectivity index (χ0) is 13.0. The number of hydrogen-bond acceptors (Lipinski definition) is 1. The van der Waals surface area contributed by atoms with E-state index >= 15 is 0 Å². The predicted octanol–water partition coefficient (Wildman–Crippen LogP) is 2.85. The highest BCUT2D eigenvalue weighted by atomic mass is 79.9. The minimum absolute atomic E-state index is 0.0441. The summed E-state index contributed by atoms with van der Waals surface area (Å²) >= 11 is 3.38. The van der Waals surface area contributed by atoms with Gasteiger partial charge < -0.3 is 9.88 Å². The van der Waals surface area contributed by atoms with Crippen LogP contribution in [0.2, 0.25) is 0 Å². The van der Waals surface area contributed by atoms with E-state index in [1.807, 2.05) is 54.2 Å². The van der Waals surface area contributed by atoms with Crippen molar-refractivity contribution in [3.8, 4) is 0 Å². The van der Waals surface area contributed by atoms with Crippen LogP contribution >= 0.6 is 15.9 Å². The molecule has 1 amide bonds. The summed E-state index contributed by atoms with van der Waals surface area (Å²) in [6.07, 6.45) is 1.96. The summed E-state index contributed by atoms with van der Waals surface area (Å²) in [5.41, 5.74) is 2.93. The largest absolute Gasteiger partial charge is 0.353 e. The zero-order valence-corrected chi connectivity index (χ0v) is 11.8. The minimum Gasteiger partial charge on any atom is -0.353 e. The molecule has 94 valence electrons. The van der Waals surface area contributed by atoms with Crippen molar-refractivity contribution in [2.75, 3.05) is 0 Å². The number of halogens is 1. The first kappa shape index (κ1) is 12.9. The number of alkyl halides is 1. The summed E-state index contributed by atoms with van der Waals surface area (Å²) in [6, 6.07) is 11.5. The smallest absolute Gasteiger partial charge is 0.251 e. The third-order valence-electron chi connectivity index (χ3n) is 2.85. The van der Waals surface area contributed by atoms with Gasteiger partial charge in [0.25, 0.3) is 5.91 Å². The van der Waals surface area contributed by atoms with Gasteiger partial charge in [-0.25, -0.2) is 0 Å². The highest BCUT2D eigenvalue weighted by molar-refractivity contribution is 9.08. The standard InChI is InChI=1S/C14H15BrN2O/c1-17-8-2-3-13(17)10-16-14(18)12-6-4-11(9-15)5-7-12/h2-8H,9-10H2,1H3,(H,16,18). The summed E-state index contributed by atoms with van der Waals surface area (Å²) in [5, 5.41) is 3.71. The van der Waals surface area contributed by atoms with Crippen LogP contribution in [0.4, 0.5) is 0 Å². The Bertz CT molecular complexity index is 531. The molecule has 1 heterocycles. The number of carbonyl (C=O) groups is 1. The van der Waals surface area contributed by atoms with Crippen LogP contribution in [0.5, 0.6) is 0 Å². The van der Waals surface area contributed by atoms with Crippen LogP contribution in [0.25, 0.3) is 0 Å². The molecule has 1 aromatic carbocycles.